The zero-order valence-corrected chi connectivity index (χ0v) is 10.3. The van der Waals surface area contributed by atoms with E-state index >= 15 is 0 Å². The summed E-state index contributed by atoms with van der Waals surface area (Å²) >= 11 is 0. The Morgan fingerprint density at radius 1 is 1.50 bits per heavy atom. The second-order valence-corrected chi connectivity index (χ2v) is 4.73. The number of hydrogen-bond acceptors (Lipinski definition) is 5. The van der Waals surface area contributed by atoms with Crippen molar-refractivity contribution in [3.8, 4) is 6.07 Å². The molecule has 1 heterocycles. The van der Waals surface area contributed by atoms with Crippen molar-refractivity contribution in [3.63, 3.8) is 0 Å². The standard InChI is InChI=1S/C13H18N4O/c14-7-9-5-6-16-13(12(9)15)17-8-10-3-1-2-4-11(10)18/h5-6,10-11,18H,1-4,8,15H2,(H,16,17). The Morgan fingerprint density at radius 2 is 2.28 bits per heavy atom. The highest BCUT2D eigenvalue weighted by atomic mass is 16.3. The number of nitrogens with two attached hydrogens (primary N) is 1. The van der Waals surface area contributed by atoms with E-state index in [2.05, 4.69) is 10.3 Å². The van der Waals surface area contributed by atoms with Crippen LogP contribution in [-0.4, -0.2) is 22.7 Å². The van der Waals surface area contributed by atoms with E-state index in [-0.39, 0.29) is 12.0 Å². The van der Waals surface area contributed by atoms with Crippen LogP contribution in [0.1, 0.15) is 31.2 Å². The minimum Gasteiger partial charge on any atom is -0.395 e. The number of nitrogens with zero attached hydrogens (tertiary/aromatic N) is 2. The molecule has 1 fully saturated rings. The fourth-order valence-electron chi connectivity index (χ4n) is 2.37. The average molecular weight is 246 g/mol. The third kappa shape index (κ3) is 2.71. The van der Waals surface area contributed by atoms with Gasteiger partial charge >= 0.3 is 0 Å². The molecule has 0 aliphatic heterocycles. The number of anilines is 2. The molecule has 4 N–H and O–H groups in total. The molecule has 1 aliphatic rings. The van der Waals surface area contributed by atoms with Gasteiger partial charge in [-0.2, -0.15) is 5.26 Å². The van der Waals surface area contributed by atoms with Gasteiger partial charge in [0.05, 0.1) is 17.4 Å². The number of pyridine rings is 1. The van der Waals surface area contributed by atoms with Crippen LogP contribution in [0.3, 0.4) is 0 Å². The smallest absolute Gasteiger partial charge is 0.150 e. The van der Waals surface area contributed by atoms with E-state index in [1.54, 1.807) is 12.3 Å². The van der Waals surface area contributed by atoms with Crippen molar-refractivity contribution in [2.45, 2.75) is 31.8 Å². The molecule has 0 spiro atoms. The maximum atomic E-state index is 9.87. The molecule has 1 aliphatic carbocycles. The van der Waals surface area contributed by atoms with Gasteiger partial charge in [-0.3, -0.25) is 0 Å². The fourth-order valence-corrected chi connectivity index (χ4v) is 2.37. The summed E-state index contributed by atoms with van der Waals surface area (Å²) in [5, 5.41) is 21.9. The lowest BCUT2D eigenvalue weighted by molar-refractivity contribution is 0.0763. The SMILES string of the molecule is N#Cc1ccnc(NCC2CCCCC2O)c1N. The van der Waals surface area contributed by atoms with Crippen LogP contribution in [0, 0.1) is 17.2 Å². The summed E-state index contributed by atoms with van der Waals surface area (Å²) in [6, 6.07) is 3.62. The zero-order chi connectivity index (χ0) is 13.0. The minimum absolute atomic E-state index is 0.241. The lowest BCUT2D eigenvalue weighted by Gasteiger charge is -2.27. The second-order valence-electron chi connectivity index (χ2n) is 4.73. The van der Waals surface area contributed by atoms with Crippen molar-refractivity contribution in [2.24, 2.45) is 5.92 Å². The van der Waals surface area contributed by atoms with Crippen LogP contribution < -0.4 is 11.1 Å². The third-order valence-electron chi connectivity index (χ3n) is 3.51. The Kier molecular flexibility index (Phi) is 4.00. The van der Waals surface area contributed by atoms with Crippen LogP contribution in [0.2, 0.25) is 0 Å². The van der Waals surface area contributed by atoms with E-state index < -0.39 is 0 Å². The van der Waals surface area contributed by atoms with Gasteiger partial charge in [0.15, 0.2) is 5.82 Å². The molecule has 18 heavy (non-hydrogen) atoms. The first kappa shape index (κ1) is 12.7. The molecule has 1 aromatic heterocycles. The minimum atomic E-state index is -0.244. The first-order chi connectivity index (χ1) is 8.72. The van der Waals surface area contributed by atoms with Crippen molar-refractivity contribution in [2.75, 3.05) is 17.6 Å². The quantitative estimate of drug-likeness (QED) is 0.751. The van der Waals surface area contributed by atoms with Crippen molar-refractivity contribution < 1.29 is 5.11 Å². The lowest BCUT2D eigenvalue weighted by atomic mass is 9.86. The van der Waals surface area contributed by atoms with Crippen LogP contribution in [0.5, 0.6) is 0 Å². The van der Waals surface area contributed by atoms with Crippen molar-refractivity contribution in [3.05, 3.63) is 17.8 Å². The number of nitriles is 1. The van der Waals surface area contributed by atoms with E-state index in [4.69, 9.17) is 11.0 Å². The van der Waals surface area contributed by atoms with Gasteiger partial charge in [0, 0.05) is 18.7 Å². The van der Waals surface area contributed by atoms with Crippen LogP contribution in [0.15, 0.2) is 12.3 Å². The first-order valence-corrected chi connectivity index (χ1v) is 6.29. The Balaban J connectivity index is 2.00. The first-order valence-electron chi connectivity index (χ1n) is 6.29. The summed E-state index contributed by atoms with van der Waals surface area (Å²) in [5.41, 5.74) is 6.64. The summed E-state index contributed by atoms with van der Waals surface area (Å²) < 4.78 is 0. The highest BCUT2D eigenvalue weighted by Gasteiger charge is 2.23. The molecule has 2 atom stereocenters. The summed E-state index contributed by atoms with van der Waals surface area (Å²) in [6.07, 6.45) is 5.47. The predicted octanol–water partition coefficient (Wildman–Crippen LogP) is 1.50. The number of hydrogen-bond donors (Lipinski definition) is 3. The number of aromatic nitrogens is 1. The van der Waals surface area contributed by atoms with Gasteiger partial charge in [-0.05, 0) is 18.9 Å². The summed E-state index contributed by atoms with van der Waals surface area (Å²) in [6.45, 7) is 0.646. The number of rotatable bonds is 3. The summed E-state index contributed by atoms with van der Waals surface area (Å²) in [7, 11) is 0. The monoisotopic (exact) mass is 246 g/mol. The van der Waals surface area contributed by atoms with Crippen LogP contribution in [0.25, 0.3) is 0 Å². The molecule has 5 nitrogen and oxygen atoms in total. The van der Waals surface area contributed by atoms with E-state index in [1.807, 2.05) is 6.07 Å². The third-order valence-corrected chi connectivity index (χ3v) is 3.51. The topological polar surface area (TPSA) is 95.0 Å². The molecule has 5 heteroatoms. The molecule has 0 amide bonds. The van der Waals surface area contributed by atoms with Crippen LogP contribution in [0.4, 0.5) is 11.5 Å². The fraction of sp³-hybridized carbons (Fsp3) is 0.538. The van der Waals surface area contributed by atoms with E-state index in [1.165, 1.54) is 0 Å². The highest BCUT2D eigenvalue weighted by Crippen LogP contribution is 2.26. The summed E-state index contributed by atoms with van der Waals surface area (Å²) in [5.74, 6) is 0.775. The van der Waals surface area contributed by atoms with Crippen LogP contribution >= 0.6 is 0 Å². The summed E-state index contributed by atoms with van der Waals surface area (Å²) in [4.78, 5) is 4.13. The highest BCUT2D eigenvalue weighted by molar-refractivity contribution is 5.68. The Bertz CT molecular complexity index is 455. The van der Waals surface area contributed by atoms with E-state index in [9.17, 15) is 5.11 Å². The largest absolute Gasteiger partial charge is 0.395 e. The van der Waals surface area contributed by atoms with Crippen molar-refractivity contribution in [1.29, 1.82) is 5.26 Å². The zero-order valence-electron chi connectivity index (χ0n) is 10.3. The predicted molar refractivity (Wildman–Crippen MR) is 69.8 cm³/mol. The maximum absolute atomic E-state index is 9.87. The van der Waals surface area contributed by atoms with Gasteiger partial charge < -0.3 is 16.2 Å². The second kappa shape index (κ2) is 5.69. The van der Waals surface area contributed by atoms with Gasteiger partial charge in [0.25, 0.3) is 0 Å². The van der Waals surface area contributed by atoms with Gasteiger partial charge in [0.2, 0.25) is 0 Å². The molecular formula is C13H18N4O. The van der Waals surface area contributed by atoms with Gasteiger partial charge in [-0.15, -0.1) is 0 Å². The lowest BCUT2D eigenvalue weighted by Crippen LogP contribution is -2.30. The molecular weight excluding hydrogens is 228 g/mol. The Hall–Kier alpha value is -1.80. The number of aliphatic hydroxyl groups is 1. The normalized spacial score (nSPS) is 23.3. The van der Waals surface area contributed by atoms with E-state index in [0.29, 0.717) is 23.6 Å². The molecule has 0 bridgehead atoms. The van der Waals surface area contributed by atoms with Crippen LogP contribution in [-0.2, 0) is 0 Å². The molecule has 2 unspecified atom stereocenters. The van der Waals surface area contributed by atoms with Crippen molar-refractivity contribution in [1.82, 2.24) is 4.98 Å². The number of nitrogen functional groups attached to an aromatic ring is 1. The molecule has 1 saturated carbocycles. The Labute approximate surface area is 107 Å². The molecule has 0 radical (unpaired) electrons. The maximum Gasteiger partial charge on any atom is 0.150 e. The van der Waals surface area contributed by atoms with Gasteiger partial charge in [0.1, 0.15) is 6.07 Å². The van der Waals surface area contributed by atoms with E-state index in [0.717, 1.165) is 25.7 Å². The van der Waals surface area contributed by atoms with Gasteiger partial charge in [-0.25, -0.2) is 4.98 Å². The number of nitrogens with one attached hydrogen (secondary N) is 1. The van der Waals surface area contributed by atoms with Gasteiger partial charge in [-0.1, -0.05) is 12.8 Å². The molecule has 2 rings (SSSR count). The molecule has 96 valence electrons. The molecule has 0 aromatic carbocycles. The average Bonchev–Trinajstić information content (AvgIpc) is 2.39. The molecule has 1 aromatic rings. The Morgan fingerprint density at radius 3 is 3.00 bits per heavy atom. The number of aliphatic hydroxyl groups excluding tert-OH is 1. The van der Waals surface area contributed by atoms with Crippen molar-refractivity contribution >= 4 is 11.5 Å². The molecule has 0 saturated heterocycles.